The molecule has 1 atom stereocenters. The van der Waals surface area contributed by atoms with Gasteiger partial charge in [-0.1, -0.05) is 24.3 Å². The van der Waals surface area contributed by atoms with Gasteiger partial charge in [-0.05, 0) is 49.3 Å². The highest BCUT2D eigenvalue weighted by Crippen LogP contribution is 2.31. The Hall–Kier alpha value is -2.32. The third-order valence-electron chi connectivity index (χ3n) is 4.53. The van der Waals surface area contributed by atoms with Gasteiger partial charge in [0.2, 0.25) is 0 Å². The quantitative estimate of drug-likeness (QED) is 0.694. The van der Waals surface area contributed by atoms with Crippen LogP contribution in [0.1, 0.15) is 24.0 Å². The van der Waals surface area contributed by atoms with Crippen molar-refractivity contribution in [1.82, 2.24) is 4.90 Å². The van der Waals surface area contributed by atoms with E-state index in [-0.39, 0.29) is 22.7 Å². The van der Waals surface area contributed by atoms with Crippen LogP contribution in [-0.4, -0.2) is 34.4 Å². The van der Waals surface area contributed by atoms with Crippen molar-refractivity contribution in [3.8, 4) is 5.75 Å². The summed E-state index contributed by atoms with van der Waals surface area (Å²) in [7, 11) is 0. The molecule has 0 saturated carbocycles. The molecule has 2 N–H and O–H groups in total. The number of hydrogen-bond donors (Lipinski definition) is 2. The number of hydrogen-bond acceptors (Lipinski definition) is 3. The number of nitrogens with zero attached hydrogens (tertiary/aromatic N) is 1. The van der Waals surface area contributed by atoms with Gasteiger partial charge in [0, 0.05) is 30.9 Å². The number of anilines is 1. The van der Waals surface area contributed by atoms with E-state index in [4.69, 9.17) is 17.0 Å². The summed E-state index contributed by atoms with van der Waals surface area (Å²) in [5, 5.41) is 13.2. The second-order valence-electron chi connectivity index (χ2n) is 6.65. The molecule has 28 heavy (non-hydrogen) atoms. The number of thiocarbonyl (C=S) groups is 1. The van der Waals surface area contributed by atoms with E-state index in [1.54, 1.807) is 23.1 Å². The Labute approximate surface area is 166 Å². The van der Waals surface area contributed by atoms with E-state index in [0.717, 1.165) is 25.0 Å². The number of para-hydroxylation sites is 1. The Bertz CT molecular complexity index is 823. The van der Waals surface area contributed by atoms with Gasteiger partial charge in [0.1, 0.15) is 5.75 Å². The third-order valence-corrected chi connectivity index (χ3v) is 4.89. The summed E-state index contributed by atoms with van der Waals surface area (Å²) in [6.07, 6.45) is -2.58. The first-order valence-corrected chi connectivity index (χ1v) is 9.35. The Morgan fingerprint density at radius 3 is 2.68 bits per heavy atom. The lowest BCUT2D eigenvalue weighted by molar-refractivity contribution is -0.137. The van der Waals surface area contributed by atoms with Crippen LogP contribution in [0.15, 0.2) is 48.5 Å². The minimum absolute atomic E-state index is 0.00730. The van der Waals surface area contributed by atoms with Crippen LogP contribution < -0.4 is 5.32 Å². The molecule has 0 aliphatic carbocycles. The van der Waals surface area contributed by atoms with E-state index in [2.05, 4.69) is 5.32 Å². The average molecular weight is 410 g/mol. The Balaban J connectivity index is 1.77. The summed E-state index contributed by atoms with van der Waals surface area (Å²) in [6, 6.07) is 11.8. The SMILES string of the molecule is Oc1ccccc1CN(C[C@H]1CCCO1)C(=S)Nc1cccc(C(F)(F)F)c1. The molecule has 0 unspecified atom stereocenters. The standard InChI is InChI=1S/C20H21F3N2O2S/c21-20(22,23)15-6-3-7-16(11-15)24-19(28)25(13-17-8-4-10-27-17)12-14-5-1-2-9-18(14)26/h1-3,5-7,9,11,17,26H,4,8,10,12-13H2,(H,24,28)/t17-/m1/s1. The Morgan fingerprint density at radius 2 is 2.00 bits per heavy atom. The number of ether oxygens (including phenoxy) is 1. The molecule has 0 radical (unpaired) electrons. The third kappa shape index (κ3) is 5.36. The van der Waals surface area contributed by atoms with Crippen molar-refractivity contribution in [3.05, 3.63) is 59.7 Å². The lowest BCUT2D eigenvalue weighted by Crippen LogP contribution is -2.39. The summed E-state index contributed by atoms with van der Waals surface area (Å²) in [5.41, 5.74) is 0.190. The lowest BCUT2D eigenvalue weighted by atomic mass is 10.1. The molecule has 150 valence electrons. The van der Waals surface area contributed by atoms with Gasteiger partial charge in [-0.25, -0.2) is 0 Å². The number of nitrogens with one attached hydrogen (secondary N) is 1. The highest BCUT2D eigenvalue weighted by atomic mass is 32.1. The van der Waals surface area contributed by atoms with Gasteiger partial charge in [0.05, 0.1) is 11.7 Å². The number of phenolic OH excluding ortho intramolecular Hbond substituents is 1. The molecule has 0 amide bonds. The summed E-state index contributed by atoms with van der Waals surface area (Å²) in [5.74, 6) is 0.140. The topological polar surface area (TPSA) is 44.7 Å². The van der Waals surface area contributed by atoms with Crippen molar-refractivity contribution in [2.45, 2.75) is 31.7 Å². The molecule has 8 heteroatoms. The number of benzene rings is 2. The number of phenols is 1. The molecular weight excluding hydrogens is 389 g/mol. The second-order valence-corrected chi connectivity index (χ2v) is 7.04. The first-order valence-electron chi connectivity index (χ1n) is 8.94. The zero-order valence-electron chi connectivity index (χ0n) is 15.1. The Morgan fingerprint density at radius 1 is 1.21 bits per heavy atom. The minimum atomic E-state index is -4.42. The van der Waals surface area contributed by atoms with Crippen LogP contribution in [0.25, 0.3) is 0 Å². The van der Waals surface area contributed by atoms with Gasteiger partial charge in [-0.15, -0.1) is 0 Å². The largest absolute Gasteiger partial charge is 0.508 e. The average Bonchev–Trinajstić information content (AvgIpc) is 3.15. The molecule has 4 nitrogen and oxygen atoms in total. The summed E-state index contributed by atoms with van der Waals surface area (Å²) < 4.78 is 44.5. The Kier molecular flexibility index (Phi) is 6.41. The summed E-state index contributed by atoms with van der Waals surface area (Å²) in [6.45, 7) is 1.49. The van der Waals surface area contributed by atoms with Crippen LogP contribution in [0.2, 0.25) is 0 Å². The molecule has 1 fully saturated rings. The number of alkyl halides is 3. The maximum Gasteiger partial charge on any atom is 0.416 e. The van der Waals surface area contributed by atoms with Crippen molar-refractivity contribution in [1.29, 1.82) is 0 Å². The zero-order valence-corrected chi connectivity index (χ0v) is 15.9. The molecule has 3 rings (SSSR count). The highest BCUT2D eigenvalue weighted by Gasteiger charge is 2.30. The van der Waals surface area contributed by atoms with Crippen molar-refractivity contribution in [2.24, 2.45) is 0 Å². The number of aromatic hydroxyl groups is 1. The smallest absolute Gasteiger partial charge is 0.416 e. The summed E-state index contributed by atoms with van der Waals surface area (Å²) >= 11 is 5.47. The van der Waals surface area contributed by atoms with Gasteiger partial charge in [-0.3, -0.25) is 0 Å². The van der Waals surface area contributed by atoms with Crippen molar-refractivity contribution >= 4 is 23.0 Å². The van der Waals surface area contributed by atoms with E-state index in [0.29, 0.717) is 25.3 Å². The zero-order chi connectivity index (χ0) is 20.1. The summed E-state index contributed by atoms with van der Waals surface area (Å²) in [4.78, 5) is 1.81. The predicted molar refractivity (Wildman–Crippen MR) is 105 cm³/mol. The van der Waals surface area contributed by atoms with Gasteiger partial charge in [-0.2, -0.15) is 13.2 Å². The molecule has 1 saturated heterocycles. The van der Waals surface area contributed by atoms with Crippen LogP contribution in [-0.2, 0) is 17.5 Å². The van der Waals surface area contributed by atoms with E-state index in [9.17, 15) is 18.3 Å². The molecule has 1 aliphatic rings. The fourth-order valence-corrected chi connectivity index (χ4v) is 3.34. The van der Waals surface area contributed by atoms with Gasteiger partial charge in [0.15, 0.2) is 5.11 Å². The minimum Gasteiger partial charge on any atom is -0.508 e. The van der Waals surface area contributed by atoms with Gasteiger partial charge in [0.25, 0.3) is 0 Å². The first-order chi connectivity index (χ1) is 13.3. The number of halogens is 3. The monoisotopic (exact) mass is 410 g/mol. The van der Waals surface area contributed by atoms with E-state index in [1.807, 2.05) is 6.07 Å². The fourth-order valence-electron chi connectivity index (χ4n) is 3.08. The van der Waals surface area contributed by atoms with Gasteiger partial charge >= 0.3 is 6.18 Å². The van der Waals surface area contributed by atoms with Crippen molar-refractivity contribution < 1.29 is 23.0 Å². The van der Waals surface area contributed by atoms with Crippen LogP contribution >= 0.6 is 12.2 Å². The predicted octanol–water partition coefficient (Wildman–Crippen LogP) is 4.79. The lowest BCUT2D eigenvalue weighted by Gasteiger charge is -2.28. The second kappa shape index (κ2) is 8.79. The number of rotatable bonds is 5. The normalized spacial score (nSPS) is 16.8. The highest BCUT2D eigenvalue weighted by molar-refractivity contribution is 7.80. The van der Waals surface area contributed by atoms with E-state index in [1.165, 1.54) is 12.1 Å². The molecule has 2 aromatic carbocycles. The molecule has 0 aromatic heterocycles. The van der Waals surface area contributed by atoms with Crippen LogP contribution in [0.3, 0.4) is 0 Å². The molecule has 1 heterocycles. The fraction of sp³-hybridized carbons (Fsp3) is 0.350. The van der Waals surface area contributed by atoms with Crippen LogP contribution in [0, 0.1) is 0 Å². The van der Waals surface area contributed by atoms with Crippen LogP contribution in [0.4, 0.5) is 18.9 Å². The van der Waals surface area contributed by atoms with Crippen LogP contribution in [0.5, 0.6) is 5.75 Å². The maximum atomic E-state index is 13.0. The van der Waals surface area contributed by atoms with Crippen molar-refractivity contribution in [3.63, 3.8) is 0 Å². The van der Waals surface area contributed by atoms with Gasteiger partial charge < -0.3 is 20.1 Å². The maximum absolute atomic E-state index is 13.0. The molecule has 1 aliphatic heterocycles. The van der Waals surface area contributed by atoms with E-state index < -0.39 is 11.7 Å². The first kappa shape index (κ1) is 20.4. The molecular formula is C20H21F3N2O2S. The molecule has 2 aromatic rings. The van der Waals surface area contributed by atoms with Crippen molar-refractivity contribution in [2.75, 3.05) is 18.5 Å². The van der Waals surface area contributed by atoms with E-state index >= 15 is 0 Å². The molecule has 0 bridgehead atoms. The molecule has 0 spiro atoms.